The van der Waals surface area contributed by atoms with Crippen molar-refractivity contribution < 1.29 is 12.9 Å². The maximum Gasteiger partial charge on any atom is 0.262 e. The molecule has 1 aromatic carbocycles. The van der Waals surface area contributed by atoms with E-state index in [1.807, 2.05) is 0 Å². The zero-order valence-corrected chi connectivity index (χ0v) is 7.84. The van der Waals surface area contributed by atoms with E-state index in [2.05, 4.69) is 9.68 Å². The molecule has 0 fully saturated rings. The van der Waals surface area contributed by atoms with E-state index in [0.29, 0.717) is 10.9 Å². The van der Waals surface area contributed by atoms with Crippen molar-refractivity contribution in [2.45, 2.75) is 4.90 Å². The summed E-state index contributed by atoms with van der Waals surface area (Å²) in [4.78, 5) is 0.0212. The van der Waals surface area contributed by atoms with Crippen LogP contribution in [0, 0.1) is 0 Å². The van der Waals surface area contributed by atoms with Gasteiger partial charge in [0.05, 0.1) is 10.3 Å². The lowest BCUT2D eigenvalue weighted by atomic mass is 10.3. The smallest absolute Gasteiger partial charge is 0.262 e. The first-order valence-corrected chi connectivity index (χ1v) is 5.68. The lowest BCUT2D eigenvalue weighted by Crippen LogP contribution is -1.90. The fourth-order valence-electron chi connectivity index (χ4n) is 1.08. The highest BCUT2D eigenvalue weighted by Gasteiger charge is 2.15. The largest absolute Gasteiger partial charge is 0.363 e. The Morgan fingerprint density at radius 3 is 2.85 bits per heavy atom. The van der Waals surface area contributed by atoms with Crippen LogP contribution in [-0.4, -0.2) is 13.6 Å². The van der Waals surface area contributed by atoms with E-state index in [-0.39, 0.29) is 4.90 Å². The van der Waals surface area contributed by atoms with Crippen molar-refractivity contribution >= 4 is 30.6 Å². The summed E-state index contributed by atoms with van der Waals surface area (Å²) in [6.07, 6.45) is 1.25. The molecule has 2 aromatic rings. The molecule has 6 heteroatoms. The molecule has 0 radical (unpaired) electrons. The van der Waals surface area contributed by atoms with Gasteiger partial charge in [0, 0.05) is 10.7 Å². The average Bonchev–Trinajstić information content (AvgIpc) is 2.48. The highest BCUT2D eigenvalue weighted by atomic mass is 35.7. The van der Waals surface area contributed by atoms with E-state index in [1.165, 1.54) is 12.3 Å². The van der Waals surface area contributed by atoms with E-state index in [4.69, 9.17) is 10.7 Å². The number of nitrogens with zero attached hydrogens (tertiary/aromatic N) is 1. The molecule has 0 N–H and O–H groups in total. The Morgan fingerprint density at radius 1 is 1.38 bits per heavy atom. The van der Waals surface area contributed by atoms with Crippen LogP contribution in [-0.2, 0) is 9.05 Å². The zero-order valence-electron chi connectivity index (χ0n) is 6.27. The summed E-state index contributed by atoms with van der Waals surface area (Å²) in [6, 6.07) is 4.60. The molecule has 2 rings (SSSR count). The van der Waals surface area contributed by atoms with Crippen LogP contribution in [0.2, 0.25) is 0 Å². The van der Waals surface area contributed by atoms with E-state index >= 15 is 0 Å². The zero-order chi connectivity index (χ0) is 9.47. The van der Waals surface area contributed by atoms with Gasteiger partial charge in [-0.25, -0.2) is 8.42 Å². The summed E-state index contributed by atoms with van der Waals surface area (Å²) in [5.74, 6) is 0. The molecule has 0 saturated carbocycles. The molecule has 13 heavy (non-hydrogen) atoms. The fourth-order valence-corrected chi connectivity index (χ4v) is 2.14. The van der Waals surface area contributed by atoms with Crippen molar-refractivity contribution in [3.63, 3.8) is 0 Å². The summed E-state index contributed by atoms with van der Waals surface area (Å²) in [5.41, 5.74) is 0.474. The summed E-state index contributed by atoms with van der Waals surface area (Å²) in [7, 11) is 1.47. The lowest BCUT2D eigenvalue weighted by Gasteiger charge is -1.94. The first kappa shape index (κ1) is 8.52. The van der Waals surface area contributed by atoms with Gasteiger partial charge in [0.2, 0.25) is 0 Å². The predicted octanol–water partition coefficient (Wildman–Crippen LogP) is 1.76. The minimum absolute atomic E-state index is 0.0212. The van der Waals surface area contributed by atoms with Crippen molar-refractivity contribution in [2.75, 3.05) is 0 Å². The maximum atomic E-state index is 11.0. The number of benzene rings is 1. The highest BCUT2D eigenvalue weighted by molar-refractivity contribution is 8.14. The van der Waals surface area contributed by atoms with Crippen molar-refractivity contribution in [3.8, 4) is 0 Å². The third-order valence-corrected chi connectivity index (χ3v) is 3.01. The fraction of sp³-hybridized carbons (Fsp3) is 0. The van der Waals surface area contributed by atoms with Crippen molar-refractivity contribution in [1.29, 1.82) is 0 Å². The van der Waals surface area contributed by atoms with Gasteiger partial charge in [0.25, 0.3) is 9.05 Å². The molecule has 0 amide bonds. The molecule has 0 saturated heterocycles. The predicted molar refractivity (Wildman–Crippen MR) is 47.0 cm³/mol. The molecule has 4 nitrogen and oxygen atoms in total. The van der Waals surface area contributed by atoms with Crippen LogP contribution in [0.25, 0.3) is 10.9 Å². The molecule has 0 unspecified atom stereocenters. The Labute approximate surface area is 78.5 Å². The molecule has 0 aliphatic heterocycles. The molecule has 1 heterocycles. The van der Waals surface area contributed by atoms with Gasteiger partial charge in [-0.15, -0.1) is 0 Å². The maximum absolute atomic E-state index is 11.0. The second kappa shape index (κ2) is 2.71. The van der Waals surface area contributed by atoms with Crippen LogP contribution in [0.1, 0.15) is 0 Å². The van der Waals surface area contributed by atoms with Gasteiger partial charge in [-0.3, -0.25) is 0 Å². The molecule has 0 bridgehead atoms. The van der Waals surface area contributed by atoms with Gasteiger partial charge < -0.3 is 4.52 Å². The summed E-state index contributed by atoms with van der Waals surface area (Å²) in [5, 5.41) is 4.00. The van der Waals surface area contributed by atoms with E-state index in [1.54, 1.807) is 12.1 Å². The number of halogens is 1. The minimum atomic E-state index is -3.73. The van der Waals surface area contributed by atoms with E-state index < -0.39 is 9.05 Å². The number of rotatable bonds is 1. The van der Waals surface area contributed by atoms with Crippen LogP contribution in [0.5, 0.6) is 0 Å². The Hall–Kier alpha value is -1.07. The monoisotopic (exact) mass is 217 g/mol. The van der Waals surface area contributed by atoms with Crippen molar-refractivity contribution in [3.05, 3.63) is 24.5 Å². The third-order valence-electron chi connectivity index (χ3n) is 1.63. The normalized spacial score (nSPS) is 12.1. The molecule has 0 atom stereocenters. The molecular weight excluding hydrogens is 214 g/mol. The SMILES string of the molecule is O=S(=O)(Cl)c1cccc2nocc12. The topological polar surface area (TPSA) is 60.2 Å². The third kappa shape index (κ3) is 1.40. The average molecular weight is 218 g/mol. The molecule has 1 aromatic heterocycles. The number of fused-ring (bicyclic) bond motifs is 1. The lowest BCUT2D eigenvalue weighted by molar-refractivity contribution is 0.428. The van der Waals surface area contributed by atoms with Crippen LogP contribution in [0.3, 0.4) is 0 Å². The van der Waals surface area contributed by atoms with Crippen LogP contribution >= 0.6 is 10.7 Å². The standard InChI is InChI=1S/C7H4ClNO3S/c8-13(10,11)7-3-1-2-6-5(7)4-12-9-6/h1-4H. The Kier molecular flexibility index (Phi) is 1.78. The summed E-state index contributed by atoms with van der Waals surface area (Å²) >= 11 is 0. The van der Waals surface area contributed by atoms with Crippen LogP contribution in [0.4, 0.5) is 0 Å². The van der Waals surface area contributed by atoms with Crippen LogP contribution in [0.15, 0.2) is 33.9 Å². The number of hydrogen-bond donors (Lipinski definition) is 0. The van der Waals surface area contributed by atoms with Gasteiger partial charge >= 0.3 is 0 Å². The summed E-state index contributed by atoms with van der Waals surface area (Å²) < 4.78 is 26.7. The first-order valence-electron chi connectivity index (χ1n) is 3.37. The number of aromatic nitrogens is 1. The Bertz CT molecular complexity index is 546. The highest BCUT2D eigenvalue weighted by Crippen LogP contribution is 2.24. The van der Waals surface area contributed by atoms with Crippen molar-refractivity contribution in [1.82, 2.24) is 5.16 Å². The van der Waals surface area contributed by atoms with Crippen molar-refractivity contribution in [2.24, 2.45) is 0 Å². The molecule has 0 aliphatic rings. The van der Waals surface area contributed by atoms with Gasteiger partial charge in [0.1, 0.15) is 11.8 Å². The van der Waals surface area contributed by atoms with Gasteiger partial charge in [-0.05, 0) is 12.1 Å². The van der Waals surface area contributed by atoms with Gasteiger partial charge in [-0.1, -0.05) is 11.2 Å². The van der Waals surface area contributed by atoms with E-state index in [9.17, 15) is 8.42 Å². The van der Waals surface area contributed by atoms with Gasteiger partial charge in [0.15, 0.2) is 0 Å². The van der Waals surface area contributed by atoms with E-state index in [0.717, 1.165) is 0 Å². The Morgan fingerprint density at radius 2 is 2.15 bits per heavy atom. The minimum Gasteiger partial charge on any atom is -0.363 e. The molecule has 0 spiro atoms. The number of hydrogen-bond acceptors (Lipinski definition) is 4. The van der Waals surface area contributed by atoms with Crippen LogP contribution < -0.4 is 0 Å². The summed E-state index contributed by atoms with van der Waals surface area (Å²) in [6.45, 7) is 0. The molecule has 0 aliphatic carbocycles. The van der Waals surface area contributed by atoms with Gasteiger partial charge in [-0.2, -0.15) is 0 Å². The Balaban J connectivity index is 2.91. The molecule has 68 valence electrons. The second-order valence-electron chi connectivity index (χ2n) is 2.44. The quantitative estimate of drug-likeness (QED) is 0.683. The first-order chi connectivity index (χ1) is 6.09. The second-order valence-corrected chi connectivity index (χ2v) is 4.98. The molecular formula is C7H4ClNO3S.